The van der Waals surface area contributed by atoms with Gasteiger partial charge in [0.15, 0.2) is 5.75 Å². The highest BCUT2D eigenvalue weighted by Crippen LogP contribution is 2.31. The average molecular weight is 258 g/mol. The Morgan fingerprint density at radius 2 is 2.36 bits per heavy atom. The Balaban J connectivity index is 2.01. The first kappa shape index (κ1) is 9.77. The summed E-state index contributed by atoms with van der Waals surface area (Å²) in [6.07, 6.45) is 4.29. The second-order valence-electron chi connectivity index (χ2n) is 3.42. The third kappa shape index (κ3) is 2.38. The molecule has 1 aromatic rings. The van der Waals surface area contributed by atoms with Crippen LogP contribution < -0.4 is 9.47 Å². The van der Waals surface area contributed by atoms with Crippen molar-refractivity contribution >= 4 is 15.9 Å². The monoisotopic (exact) mass is 257 g/mol. The van der Waals surface area contributed by atoms with Crippen LogP contribution in [0.1, 0.15) is 12.8 Å². The van der Waals surface area contributed by atoms with Crippen LogP contribution in [0.2, 0.25) is 0 Å². The van der Waals surface area contributed by atoms with Crippen LogP contribution in [0.25, 0.3) is 0 Å². The first-order chi connectivity index (χ1) is 6.79. The topological polar surface area (TPSA) is 31.4 Å². The zero-order valence-electron chi connectivity index (χ0n) is 8.00. The lowest BCUT2D eigenvalue weighted by atomic mass is 10.4. The van der Waals surface area contributed by atoms with Crippen molar-refractivity contribution in [3.05, 3.63) is 16.9 Å². The van der Waals surface area contributed by atoms with E-state index in [9.17, 15) is 0 Å². The Bertz CT molecular complexity index is 326. The van der Waals surface area contributed by atoms with Crippen LogP contribution in [0.15, 0.2) is 16.9 Å². The highest BCUT2D eigenvalue weighted by atomic mass is 79.9. The number of hydrogen-bond donors (Lipinski definition) is 0. The second-order valence-corrected chi connectivity index (χ2v) is 4.17. The molecule has 0 aromatic carbocycles. The summed E-state index contributed by atoms with van der Waals surface area (Å²) in [5.74, 6) is 2.24. The van der Waals surface area contributed by atoms with Crippen LogP contribution in [-0.2, 0) is 0 Å². The average Bonchev–Trinajstić information content (AvgIpc) is 3.00. The molecule has 0 unspecified atom stereocenters. The van der Waals surface area contributed by atoms with Gasteiger partial charge in [0.05, 0.1) is 19.9 Å². The molecule has 3 nitrogen and oxygen atoms in total. The number of halogens is 1. The van der Waals surface area contributed by atoms with Crippen LogP contribution in [0.4, 0.5) is 0 Å². The Labute approximate surface area is 91.6 Å². The van der Waals surface area contributed by atoms with Crippen molar-refractivity contribution in [1.29, 1.82) is 0 Å². The number of pyridine rings is 1. The predicted molar refractivity (Wildman–Crippen MR) is 56.7 cm³/mol. The molecule has 14 heavy (non-hydrogen) atoms. The molecule has 0 spiro atoms. The lowest BCUT2D eigenvalue weighted by Gasteiger charge is -2.07. The molecule has 0 N–H and O–H groups in total. The smallest absolute Gasteiger partial charge is 0.155 e. The van der Waals surface area contributed by atoms with Gasteiger partial charge in [-0.2, -0.15) is 0 Å². The Hall–Kier alpha value is -0.770. The molecule has 1 aliphatic carbocycles. The summed E-state index contributed by atoms with van der Waals surface area (Å²) < 4.78 is 11.4. The molecule has 0 radical (unpaired) electrons. The molecule has 0 saturated heterocycles. The summed E-state index contributed by atoms with van der Waals surface area (Å²) >= 11 is 3.29. The van der Waals surface area contributed by atoms with Gasteiger partial charge in [-0.25, -0.2) is 4.98 Å². The SMILES string of the molecule is COc1cc(OCC2CC2)cnc1Br. The lowest BCUT2D eigenvalue weighted by molar-refractivity contribution is 0.296. The van der Waals surface area contributed by atoms with Crippen molar-refractivity contribution < 1.29 is 9.47 Å². The van der Waals surface area contributed by atoms with Gasteiger partial charge in [0.1, 0.15) is 10.4 Å². The molecular weight excluding hydrogens is 246 g/mol. The fourth-order valence-corrected chi connectivity index (χ4v) is 1.51. The molecule has 0 atom stereocenters. The molecule has 1 saturated carbocycles. The maximum absolute atomic E-state index is 5.56. The summed E-state index contributed by atoms with van der Waals surface area (Å²) in [6.45, 7) is 0.798. The maximum atomic E-state index is 5.56. The van der Waals surface area contributed by atoms with E-state index in [-0.39, 0.29) is 0 Å². The van der Waals surface area contributed by atoms with Crippen LogP contribution >= 0.6 is 15.9 Å². The van der Waals surface area contributed by atoms with Gasteiger partial charge in [0.25, 0.3) is 0 Å². The van der Waals surface area contributed by atoms with E-state index in [1.54, 1.807) is 13.3 Å². The maximum Gasteiger partial charge on any atom is 0.155 e. The molecule has 76 valence electrons. The highest BCUT2D eigenvalue weighted by molar-refractivity contribution is 9.10. The van der Waals surface area contributed by atoms with E-state index in [1.165, 1.54) is 12.8 Å². The van der Waals surface area contributed by atoms with E-state index in [4.69, 9.17) is 9.47 Å². The van der Waals surface area contributed by atoms with Crippen molar-refractivity contribution in [2.45, 2.75) is 12.8 Å². The summed E-state index contributed by atoms with van der Waals surface area (Å²) in [6, 6.07) is 1.85. The van der Waals surface area contributed by atoms with Gasteiger partial charge in [-0.3, -0.25) is 0 Å². The van der Waals surface area contributed by atoms with Crippen LogP contribution in [0.3, 0.4) is 0 Å². The highest BCUT2D eigenvalue weighted by Gasteiger charge is 2.22. The molecule has 1 fully saturated rings. The molecule has 1 aliphatic rings. The van der Waals surface area contributed by atoms with Crippen LogP contribution in [0, 0.1) is 5.92 Å². The van der Waals surface area contributed by atoms with Crippen LogP contribution in [0.5, 0.6) is 11.5 Å². The molecular formula is C10H12BrNO2. The largest absolute Gasteiger partial charge is 0.494 e. The zero-order valence-corrected chi connectivity index (χ0v) is 9.58. The third-order valence-corrected chi connectivity index (χ3v) is 2.78. The number of ether oxygens (including phenoxy) is 2. The van der Waals surface area contributed by atoms with E-state index in [1.807, 2.05) is 6.07 Å². The second kappa shape index (κ2) is 4.17. The summed E-state index contributed by atoms with van der Waals surface area (Å²) in [7, 11) is 1.62. The van der Waals surface area contributed by atoms with Crippen molar-refractivity contribution in [2.75, 3.05) is 13.7 Å². The van der Waals surface area contributed by atoms with Gasteiger partial charge >= 0.3 is 0 Å². The fourth-order valence-electron chi connectivity index (χ4n) is 1.13. The minimum Gasteiger partial charge on any atom is -0.494 e. The van der Waals surface area contributed by atoms with Gasteiger partial charge in [0.2, 0.25) is 0 Å². The lowest BCUT2D eigenvalue weighted by Crippen LogP contribution is -1.99. The Morgan fingerprint density at radius 3 is 3.00 bits per heavy atom. The first-order valence-electron chi connectivity index (χ1n) is 4.62. The predicted octanol–water partition coefficient (Wildman–Crippen LogP) is 2.64. The molecule has 0 bridgehead atoms. The molecule has 4 heteroatoms. The number of methoxy groups -OCH3 is 1. The minimum absolute atomic E-state index is 0.707. The van der Waals surface area contributed by atoms with Crippen molar-refractivity contribution in [3.8, 4) is 11.5 Å². The van der Waals surface area contributed by atoms with Gasteiger partial charge in [-0.15, -0.1) is 0 Å². The molecule has 2 rings (SSSR count). The van der Waals surface area contributed by atoms with E-state index < -0.39 is 0 Å². The number of aromatic nitrogens is 1. The molecule has 1 aromatic heterocycles. The molecule has 0 amide bonds. The standard InChI is InChI=1S/C10H12BrNO2/c1-13-9-4-8(5-12-10(9)11)14-6-7-2-3-7/h4-5,7H,2-3,6H2,1H3. The van der Waals surface area contributed by atoms with Crippen molar-refractivity contribution in [2.24, 2.45) is 5.92 Å². The Kier molecular flexibility index (Phi) is 2.91. The summed E-state index contributed by atoms with van der Waals surface area (Å²) in [5, 5.41) is 0. The van der Waals surface area contributed by atoms with Gasteiger partial charge in [-0.05, 0) is 34.7 Å². The third-order valence-electron chi connectivity index (χ3n) is 2.18. The zero-order chi connectivity index (χ0) is 9.97. The van der Waals surface area contributed by atoms with Crippen molar-refractivity contribution in [3.63, 3.8) is 0 Å². The van der Waals surface area contributed by atoms with E-state index in [2.05, 4.69) is 20.9 Å². The summed E-state index contributed by atoms with van der Waals surface area (Å²) in [5.41, 5.74) is 0. The quantitative estimate of drug-likeness (QED) is 0.778. The number of nitrogens with zero attached hydrogens (tertiary/aromatic N) is 1. The van der Waals surface area contributed by atoms with Gasteiger partial charge in [-0.1, -0.05) is 0 Å². The van der Waals surface area contributed by atoms with E-state index in [0.29, 0.717) is 10.4 Å². The fraction of sp³-hybridized carbons (Fsp3) is 0.500. The number of hydrogen-bond acceptors (Lipinski definition) is 3. The normalized spacial score (nSPS) is 15.3. The minimum atomic E-state index is 0.707. The van der Waals surface area contributed by atoms with E-state index >= 15 is 0 Å². The molecule has 0 aliphatic heterocycles. The van der Waals surface area contributed by atoms with Gasteiger partial charge in [0, 0.05) is 6.07 Å². The number of rotatable bonds is 4. The van der Waals surface area contributed by atoms with E-state index in [0.717, 1.165) is 18.3 Å². The first-order valence-corrected chi connectivity index (χ1v) is 5.41. The van der Waals surface area contributed by atoms with Gasteiger partial charge < -0.3 is 9.47 Å². The summed E-state index contributed by atoms with van der Waals surface area (Å²) in [4.78, 5) is 4.11. The molecule has 1 heterocycles. The van der Waals surface area contributed by atoms with Crippen LogP contribution in [-0.4, -0.2) is 18.7 Å². The Morgan fingerprint density at radius 1 is 1.57 bits per heavy atom. The van der Waals surface area contributed by atoms with Crippen molar-refractivity contribution in [1.82, 2.24) is 4.98 Å².